The molecule has 4 N–H and O–H groups in total. The standard InChI is InChI=1S/C11H18N4O2/c12-14-11(16)9-2-7-17-10(9)8-15-5-1-3-13-4-6-15/h2,7,13H,1,3-6,8,12H2,(H,14,16). The molecule has 2 heterocycles. The lowest BCUT2D eigenvalue weighted by Crippen LogP contribution is -2.32. The monoisotopic (exact) mass is 238 g/mol. The molecule has 1 aliphatic rings. The van der Waals surface area contributed by atoms with Crippen molar-refractivity contribution in [1.82, 2.24) is 15.6 Å². The summed E-state index contributed by atoms with van der Waals surface area (Å²) in [5.74, 6) is 5.50. The fourth-order valence-electron chi connectivity index (χ4n) is 2.01. The first-order valence-electron chi connectivity index (χ1n) is 5.81. The number of amides is 1. The molecule has 0 aromatic carbocycles. The van der Waals surface area contributed by atoms with Gasteiger partial charge >= 0.3 is 0 Å². The molecule has 2 rings (SSSR count). The number of nitrogens with one attached hydrogen (secondary N) is 2. The normalized spacial score (nSPS) is 17.7. The molecule has 17 heavy (non-hydrogen) atoms. The van der Waals surface area contributed by atoms with Gasteiger partial charge in [0.1, 0.15) is 5.76 Å². The summed E-state index contributed by atoms with van der Waals surface area (Å²) < 4.78 is 5.35. The fourth-order valence-corrected chi connectivity index (χ4v) is 2.01. The topological polar surface area (TPSA) is 83.5 Å². The Labute approximate surface area is 100 Å². The molecule has 0 aliphatic carbocycles. The first kappa shape index (κ1) is 12.1. The van der Waals surface area contributed by atoms with Crippen molar-refractivity contribution in [3.05, 3.63) is 23.7 Å². The second kappa shape index (κ2) is 5.81. The maximum absolute atomic E-state index is 11.5. The number of nitrogens with two attached hydrogens (primary N) is 1. The molecule has 0 spiro atoms. The van der Waals surface area contributed by atoms with Gasteiger partial charge in [0.15, 0.2) is 0 Å². The van der Waals surface area contributed by atoms with E-state index in [1.807, 2.05) is 0 Å². The summed E-state index contributed by atoms with van der Waals surface area (Å²) >= 11 is 0. The van der Waals surface area contributed by atoms with Gasteiger partial charge in [-0.15, -0.1) is 0 Å². The van der Waals surface area contributed by atoms with Gasteiger partial charge in [-0.3, -0.25) is 15.1 Å². The van der Waals surface area contributed by atoms with E-state index in [0.29, 0.717) is 17.9 Å². The van der Waals surface area contributed by atoms with Gasteiger partial charge in [-0.1, -0.05) is 0 Å². The van der Waals surface area contributed by atoms with Crippen molar-refractivity contribution in [2.75, 3.05) is 26.2 Å². The Kier molecular flexibility index (Phi) is 4.13. The zero-order valence-corrected chi connectivity index (χ0v) is 9.74. The Bertz CT molecular complexity index is 369. The van der Waals surface area contributed by atoms with E-state index in [-0.39, 0.29) is 5.91 Å². The molecule has 6 heteroatoms. The van der Waals surface area contributed by atoms with Crippen LogP contribution < -0.4 is 16.6 Å². The third-order valence-corrected chi connectivity index (χ3v) is 2.92. The van der Waals surface area contributed by atoms with Crippen LogP contribution in [-0.4, -0.2) is 37.0 Å². The number of hydrogen-bond acceptors (Lipinski definition) is 5. The van der Waals surface area contributed by atoms with Crippen LogP contribution in [0.1, 0.15) is 22.5 Å². The van der Waals surface area contributed by atoms with Crippen molar-refractivity contribution < 1.29 is 9.21 Å². The molecule has 1 aromatic heterocycles. The molecule has 0 unspecified atom stereocenters. The van der Waals surface area contributed by atoms with Gasteiger partial charge in [0.2, 0.25) is 0 Å². The van der Waals surface area contributed by atoms with Gasteiger partial charge in [0.05, 0.1) is 18.4 Å². The van der Waals surface area contributed by atoms with Crippen molar-refractivity contribution in [2.45, 2.75) is 13.0 Å². The highest BCUT2D eigenvalue weighted by Gasteiger charge is 2.17. The second-order valence-corrected chi connectivity index (χ2v) is 4.11. The number of hydrazine groups is 1. The molecule has 0 atom stereocenters. The molecule has 0 saturated carbocycles. The van der Waals surface area contributed by atoms with Gasteiger partial charge in [0, 0.05) is 13.1 Å². The van der Waals surface area contributed by atoms with Crippen LogP contribution in [0.3, 0.4) is 0 Å². The molecule has 1 amide bonds. The first-order valence-corrected chi connectivity index (χ1v) is 5.81. The Balaban J connectivity index is 2.02. The number of rotatable bonds is 3. The lowest BCUT2D eigenvalue weighted by Gasteiger charge is -2.18. The second-order valence-electron chi connectivity index (χ2n) is 4.11. The zero-order valence-electron chi connectivity index (χ0n) is 9.74. The molecule has 0 radical (unpaired) electrons. The Morgan fingerprint density at radius 1 is 1.53 bits per heavy atom. The van der Waals surface area contributed by atoms with Crippen LogP contribution in [0, 0.1) is 0 Å². The highest BCUT2D eigenvalue weighted by molar-refractivity contribution is 5.94. The molecule has 0 bridgehead atoms. The SMILES string of the molecule is NNC(=O)c1ccoc1CN1CCCNCC1. The minimum absolute atomic E-state index is 0.304. The number of nitrogens with zero attached hydrogens (tertiary/aromatic N) is 1. The van der Waals surface area contributed by atoms with Crippen molar-refractivity contribution in [3.8, 4) is 0 Å². The predicted molar refractivity (Wildman–Crippen MR) is 63.1 cm³/mol. The third kappa shape index (κ3) is 3.06. The average Bonchev–Trinajstić information content (AvgIpc) is 2.64. The maximum atomic E-state index is 11.5. The van der Waals surface area contributed by atoms with Gasteiger partial charge in [-0.25, -0.2) is 5.84 Å². The summed E-state index contributed by atoms with van der Waals surface area (Å²) in [6, 6.07) is 1.65. The van der Waals surface area contributed by atoms with Crippen LogP contribution in [-0.2, 0) is 6.54 Å². The molecular weight excluding hydrogens is 220 g/mol. The molecule has 1 fully saturated rings. The van der Waals surface area contributed by atoms with E-state index >= 15 is 0 Å². The van der Waals surface area contributed by atoms with Crippen LogP contribution >= 0.6 is 0 Å². The van der Waals surface area contributed by atoms with Crippen LogP contribution in [0.5, 0.6) is 0 Å². The molecule has 6 nitrogen and oxygen atoms in total. The highest BCUT2D eigenvalue weighted by atomic mass is 16.3. The Morgan fingerprint density at radius 3 is 3.24 bits per heavy atom. The minimum Gasteiger partial charge on any atom is -0.467 e. The smallest absolute Gasteiger partial charge is 0.268 e. The molecule has 1 saturated heterocycles. The van der Waals surface area contributed by atoms with Crippen LogP contribution in [0.25, 0.3) is 0 Å². The van der Waals surface area contributed by atoms with Crippen molar-refractivity contribution in [2.24, 2.45) is 5.84 Å². The third-order valence-electron chi connectivity index (χ3n) is 2.92. The van der Waals surface area contributed by atoms with E-state index in [1.54, 1.807) is 6.07 Å². The Hall–Kier alpha value is -1.37. The summed E-state index contributed by atoms with van der Waals surface area (Å²) in [4.78, 5) is 13.7. The van der Waals surface area contributed by atoms with Gasteiger partial charge in [-0.05, 0) is 25.6 Å². The number of furan rings is 1. The molecule has 94 valence electrons. The number of nitrogen functional groups attached to an aromatic ring is 1. The van der Waals surface area contributed by atoms with E-state index in [2.05, 4.69) is 15.6 Å². The van der Waals surface area contributed by atoms with E-state index in [0.717, 1.165) is 32.6 Å². The molecular formula is C11H18N4O2. The van der Waals surface area contributed by atoms with Crippen molar-refractivity contribution in [3.63, 3.8) is 0 Å². The summed E-state index contributed by atoms with van der Waals surface area (Å²) in [7, 11) is 0. The summed E-state index contributed by atoms with van der Waals surface area (Å²) in [5.41, 5.74) is 2.65. The predicted octanol–water partition coefficient (Wildman–Crippen LogP) is -0.322. The van der Waals surface area contributed by atoms with Crippen LogP contribution in [0.2, 0.25) is 0 Å². The number of carbonyl (C=O) groups is 1. The lowest BCUT2D eigenvalue weighted by molar-refractivity contribution is 0.0950. The van der Waals surface area contributed by atoms with Gasteiger partial charge in [0.25, 0.3) is 5.91 Å². The van der Waals surface area contributed by atoms with E-state index in [9.17, 15) is 4.79 Å². The van der Waals surface area contributed by atoms with Crippen LogP contribution in [0.4, 0.5) is 0 Å². The van der Waals surface area contributed by atoms with Crippen molar-refractivity contribution >= 4 is 5.91 Å². The van der Waals surface area contributed by atoms with Crippen LogP contribution in [0.15, 0.2) is 16.7 Å². The largest absolute Gasteiger partial charge is 0.467 e. The zero-order chi connectivity index (χ0) is 12.1. The minimum atomic E-state index is -0.304. The number of carbonyl (C=O) groups excluding carboxylic acids is 1. The quantitative estimate of drug-likeness (QED) is 0.382. The summed E-state index contributed by atoms with van der Waals surface area (Å²) in [6.45, 7) is 4.64. The first-order chi connectivity index (χ1) is 8.31. The Morgan fingerprint density at radius 2 is 2.41 bits per heavy atom. The lowest BCUT2D eigenvalue weighted by atomic mass is 10.2. The summed E-state index contributed by atoms with van der Waals surface area (Å²) in [6.07, 6.45) is 2.63. The maximum Gasteiger partial charge on any atom is 0.268 e. The van der Waals surface area contributed by atoms with Gasteiger partial charge in [-0.2, -0.15) is 0 Å². The van der Waals surface area contributed by atoms with Crippen molar-refractivity contribution in [1.29, 1.82) is 0 Å². The van der Waals surface area contributed by atoms with E-state index in [1.165, 1.54) is 6.26 Å². The van der Waals surface area contributed by atoms with E-state index < -0.39 is 0 Å². The highest BCUT2D eigenvalue weighted by Crippen LogP contribution is 2.13. The molecule has 1 aromatic rings. The van der Waals surface area contributed by atoms with Gasteiger partial charge < -0.3 is 9.73 Å². The molecule has 1 aliphatic heterocycles. The number of hydrogen-bond donors (Lipinski definition) is 3. The summed E-state index contributed by atoms with van der Waals surface area (Å²) in [5, 5.41) is 3.33. The van der Waals surface area contributed by atoms with E-state index in [4.69, 9.17) is 10.3 Å². The fraction of sp³-hybridized carbons (Fsp3) is 0.545. The average molecular weight is 238 g/mol.